The summed E-state index contributed by atoms with van der Waals surface area (Å²) in [5.41, 5.74) is 5.00. The molecule has 1 aromatic heterocycles. The third-order valence-electron chi connectivity index (χ3n) is 11.8. The van der Waals surface area contributed by atoms with Gasteiger partial charge in [-0.1, -0.05) is 42.5 Å². The van der Waals surface area contributed by atoms with Gasteiger partial charge in [0.1, 0.15) is 19.0 Å². The molecular weight excluding hydrogens is 843 g/mol. The largest absolute Gasteiger partial charge is 0.492 e. The van der Waals surface area contributed by atoms with Crippen molar-refractivity contribution in [2.45, 2.75) is 51.5 Å². The predicted octanol–water partition coefficient (Wildman–Crippen LogP) is 5.83. The first-order chi connectivity index (χ1) is 32.1. The number of nitrogens with zero attached hydrogens (tertiary/aromatic N) is 7. The highest BCUT2D eigenvalue weighted by Crippen LogP contribution is 2.32. The van der Waals surface area contributed by atoms with E-state index in [0.717, 1.165) is 55.7 Å². The third kappa shape index (κ3) is 13.3. The Kier molecular flexibility index (Phi) is 17.1. The van der Waals surface area contributed by atoms with Crippen LogP contribution >= 0.6 is 0 Å². The second kappa shape index (κ2) is 23.7. The van der Waals surface area contributed by atoms with Gasteiger partial charge >= 0.3 is 12.1 Å². The Morgan fingerprint density at radius 1 is 0.864 bits per heavy atom. The molecule has 3 aromatic carbocycles. The first-order valence-corrected chi connectivity index (χ1v) is 22.6. The molecule has 350 valence electrons. The molecule has 2 fully saturated rings. The number of amides is 5. The van der Waals surface area contributed by atoms with E-state index in [1.54, 1.807) is 50.6 Å². The van der Waals surface area contributed by atoms with Crippen LogP contribution in [0.15, 0.2) is 91.1 Å². The van der Waals surface area contributed by atoms with Crippen molar-refractivity contribution in [3.05, 3.63) is 108 Å². The molecule has 0 radical (unpaired) electrons. The summed E-state index contributed by atoms with van der Waals surface area (Å²) >= 11 is 0. The fourth-order valence-electron chi connectivity index (χ4n) is 7.95. The van der Waals surface area contributed by atoms with Crippen LogP contribution in [-0.4, -0.2) is 146 Å². The van der Waals surface area contributed by atoms with Crippen molar-refractivity contribution in [1.29, 1.82) is 0 Å². The lowest BCUT2D eigenvalue weighted by molar-refractivity contribution is -0.127. The SMILES string of the molecule is CN(CCN(C)C(=O)N1c2ccc(OCCN3CCCC3)c(c2)COC/C=C/COCc2cccc(c2)-c2ccnc1n2)C(=O)OCc1ccc(NC(=O)CNC(=O)C2CCCN2C)cc1. The maximum Gasteiger partial charge on any atom is 0.409 e. The van der Waals surface area contributed by atoms with Gasteiger partial charge in [0, 0.05) is 56.7 Å². The molecule has 5 amide bonds. The van der Waals surface area contributed by atoms with Crippen molar-refractivity contribution < 1.29 is 38.1 Å². The normalized spacial score (nSPS) is 17.3. The van der Waals surface area contributed by atoms with E-state index in [1.165, 1.54) is 27.5 Å². The average Bonchev–Trinajstić information content (AvgIpc) is 4.03. The summed E-state index contributed by atoms with van der Waals surface area (Å²) < 4.78 is 23.9. The summed E-state index contributed by atoms with van der Waals surface area (Å²) in [5.74, 6) is 0.345. The number of carbonyl (C=O) groups is 4. The van der Waals surface area contributed by atoms with Crippen LogP contribution in [0.25, 0.3) is 11.3 Å². The van der Waals surface area contributed by atoms with Crippen molar-refractivity contribution in [2.24, 2.45) is 0 Å². The van der Waals surface area contributed by atoms with Crippen LogP contribution in [0, 0.1) is 0 Å². The van der Waals surface area contributed by atoms with Crippen molar-refractivity contribution >= 4 is 41.3 Å². The molecule has 2 N–H and O–H groups in total. The van der Waals surface area contributed by atoms with Crippen molar-refractivity contribution in [3.63, 3.8) is 0 Å². The maximum absolute atomic E-state index is 14.6. The summed E-state index contributed by atoms with van der Waals surface area (Å²) in [4.78, 5) is 71.0. The van der Waals surface area contributed by atoms with Gasteiger partial charge in [0.2, 0.25) is 17.8 Å². The Labute approximate surface area is 386 Å². The summed E-state index contributed by atoms with van der Waals surface area (Å²) in [6, 6.07) is 21.6. The molecule has 3 aliphatic rings. The number of aromatic nitrogens is 2. The van der Waals surface area contributed by atoms with Crippen LogP contribution in [-0.2, 0) is 43.6 Å². The Morgan fingerprint density at radius 3 is 2.41 bits per heavy atom. The molecule has 0 spiro atoms. The topological polar surface area (TPSA) is 171 Å². The fourth-order valence-corrected chi connectivity index (χ4v) is 7.95. The number of urea groups is 1. The molecule has 1 atom stereocenters. The van der Waals surface area contributed by atoms with Gasteiger partial charge < -0.3 is 39.4 Å². The van der Waals surface area contributed by atoms with Crippen molar-refractivity contribution in [1.82, 2.24) is 34.9 Å². The van der Waals surface area contributed by atoms with Crippen LogP contribution in [0.5, 0.6) is 5.75 Å². The van der Waals surface area contributed by atoms with E-state index in [9.17, 15) is 19.2 Å². The summed E-state index contributed by atoms with van der Waals surface area (Å²) in [5, 5.41) is 5.49. The molecule has 1 unspecified atom stereocenters. The van der Waals surface area contributed by atoms with E-state index in [0.29, 0.717) is 54.8 Å². The number of hydrogen-bond acceptors (Lipinski definition) is 12. The molecule has 66 heavy (non-hydrogen) atoms. The number of likely N-dealkylation sites (N-methyl/N-ethyl adjacent to an activating group) is 3. The summed E-state index contributed by atoms with van der Waals surface area (Å²) in [7, 11) is 5.17. The van der Waals surface area contributed by atoms with Gasteiger partial charge in [-0.25, -0.2) is 24.5 Å². The zero-order valence-corrected chi connectivity index (χ0v) is 38.2. The number of rotatable bonds is 13. The number of likely N-dealkylation sites (tertiary alicyclic amines) is 2. The van der Waals surface area contributed by atoms with Crippen LogP contribution in [0.4, 0.5) is 26.9 Å². The Bertz CT molecular complexity index is 2300. The van der Waals surface area contributed by atoms with Gasteiger partial charge in [0.15, 0.2) is 0 Å². The molecule has 7 rings (SSSR count). The van der Waals surface area contributed by atoms with E-state index in [-0.39, 0.29) is 56.7 Å². The predicted molar refractivity (Wildman–Crippen MR) is 250 cm³/mol. The average molecular weight is 904 g/mol. The minimum Gasteiger partial charge on any atom is -0.492 e. The number of benzene rings is 3. The molecule has 6 bridgehead atoms. The molecule has 3 aliphatic heterocycles. The smallest absolute Gasteiger partial charge is 0.409 e. The second-order valence-electron chi connectivity index (χ2n) is 16.8. The molecule has 0 saturated carbocycles. The molecule has 17 heteroatoms. The third-order valence-corrected chi connectivity index (χ3v) is 11.8. The number of nitrogens with one attached hydrogen (secondary N) is 2. The maximum atomic E-state index is 14.6. The molecule has 0 aliphatic carbocycles. The standard InChI is InChI=1S/C49H61N9O8/c1-54-21-9-12-43(54)46(60)51-32-45(59)52-40-15-13-36(14-16-40)34-66-49(62)56(3)25-24-55(2)48(61)58-41-17-18-44(65-29-26-57-22-4-5-23-57)39(31-41)35-64-28-7-6-27-63-33-37-10-8-11-38(30-37)42-19-20-50-47(58)53-42/h6-8,10-11,13-20,30-31,43H,4-5,9,12,21-29,32-35H2,1-3H3,(H,51,60)(H,52,59)/b7-6+. The second-order valence-corrected chi connectivity index (χ2v) is 16.8. The highest BCUT2D eigenvalue weighted by molar-refractivity contribution is 5.98. The Hall–Kier alpha value is -6.40. The number of hydrogen-bond donors (Lipinski definition) is 2. The molecule has 4 aromatic rings. The van der Waals surface area contributed by atoms with Gasteiger partial charge in [-0.15, -0.1) is 0 Å². The van der Waals surface area contributed by atoms with Crippen LogP contribution < -0.4 is 20.3 Å². The van der Waals surface area contributed by atoms with E-state index >= 15 is 0 Å². The van der Waals surface area contributed by atoms with Crippen molar-refractivity contribution in [3.8, 4) is 17.0 Å². The minimum absolute atomic E-state index is 0.00514. The fraction of sp³-hybridized carbons (Fsp3) is 0.429. The monoisotopic (exact) mass is 903 g/mol. The highest BCUT2D eigenvalue weighted by Gasteiger charge is 2.29. The van der Waals surface area contributed by atoms with E-state index in [2.05, 4.69) is 20.5 Å². The highest BCUT2D eigenvalue weighted by atomic mass is 16.6. The molecular formula is C49H61N9O8. The Morgan fingerprint density at radius 2 is 1.64 bits per heavy atom. The number of fused-ring (bicyclic) bond motifs is 7. The lowest BCUT2D eigenvalue weighted by Crippen LogP contribution is -2.44. The zero-order valence-electron chi connectivity index (χ0n) is 38.2. The van der Waals surface area contributed by atoms with Gasteiger partial charge in [-0.2, -0.15) is 0 Å². The molecule has 2 saturated heterocycles. The minimum atomic E-state index is -0.572. The zero-order chi connectivity index (χ0) is 46.3. The Balaban J connectivity index is 1.000. The first kappa shape index (κ1) is 47.6. The quantitative estimate of drug-likeness (QED) is 0.154. The summed E-state index contributed by atoms with van der Waals surface area (Å²) in [6.07, 6.45) is 9.06. The molecule has 4 heterocycles. The number of ether oxygens (including phenoxy) is 4. The van der Waals surface area contributed by atoms with Crippen LogP contribution in [0.2, 0.25) is 0 Å². The molecule has 17 nitrogen and oxygen atoms in total. The first-order valence-electron chi connectivity index (χ1n) is 22.6. The van der Waals surface area contributed by atoms with E-state index in [4.69, 9.17) is 23.9 Å². The lowest BCUT2D eigenvalue weighted by Gasteiger charge is -2.29. The van der Waals surface area contributed by atoms with Gasteiger partial charge in [0.25, 0.3) is 0 Å². The lowest BCUT2D eigenvalue weighted by atomic mass is 10.1. The van der Waals surface area contributed by atoms with Crippen LogP contribution in [0.1, 0.15) is 42.4 Å². The number of anilines is 3. The van der Waals surface area contributed by atoms with E-state index in [1.807, 2.05) is 66.6 Å². The van der Waals surface area contributed by atoms with Crippen molar-refractivity contribution in [2.75, 3.05) is 97.0 Å². The van der Waals surface area contributed by atoms with Gasteiger partial charge in [-0.05, 0) is 106 Å². The van der Waals surface area contributed by atoms with Crippen LogP contribution in [0.3, 0.4) is 0 Å². The summed E-state index contributed by atoms with van der Waals surface area (Å²) in [6.45, 7) is 5.97. The van der Waals surface area contributed by atoms with E-state index < -0.39 is 12.1 Å². The van der Waals surface area contributed by atoms with Gasteiger partial charge in [0.05, 0.1) is 50.4 Å². The van der Waals surface area contributed by atoms with Gasteiger partial charge in [-0.3, -0.25) is 19.4 Å². The number of carbonyl (C=O) groups excluding carboxylic acids is 4.